The minimum atomic E-state index is 0.0261. The molecular weight excluding hydrogens is 262 g/mol. The largest absolute Gasteiger partial charge is 0.506 e. The van der Waals surface area contributed by atoms with Crippen LogP contribution in [0.5, 0.6) is 5.75 Å². The molecule has 1 aliphatic rings. The van der Waals surface area contributed by atoms with Crippen molar-refractivity contribution in [3.8, 4) is 5.75 Å². The van der Waals surface area contributed by atoms with Gasteiger partial charge in [0.1, 0.15) is 5.75 Å². The molecule has 0 fully saturated rings. The van der Waals surface area contributed by atoms with Gasteiger partial charge in [-0.2, -0.15) is 5.10 Å². The Morgan fingerprint density at radius 3 is 2.62 bits per heavy atom. The first-order chi connectivity index (χ1) is 9.91. The fraction of sp³-hybridized carbons (Fsp3) is 0.353. The van der Waals surface area contributed by atoms with Crippen LogP contribution in [-0.2, 0) is 5.41 Å². The second-order valence-electron chi connectivity index (χ2n) is 6.14. The van der Waals surface area contributed by atoms with Gasteiger partial charge < -0.3 is 10.4 Å². The van der Waals surface area contributed by atoms with Crippen molar-refractivity contribution in [2.45, 2.75) is 32.2 Å². The summed E-state index contributed by atoms with van der Waals surface area (Å²) < 4.78 is 0. The summed E-state index contributed by atoms with van der Waals surface area (Å²) >= 11 is 0. The zero-order chi connectivity index (χ0) is 15.5. The maximum Gasteiger partial charge on any atom is 0.140 e. The lowest BCUT2D eigenvalue weighted by Gasteiger charge is -2.20. The van der Waals surface area contributed by atoms with Crippen LogP contribution in [0.4, 0.5) is 5.69 Å². The summed E-state index contributed by atoms with van der Waals surface area (Å²) in [5.74, 6) is 0.198. The van der Waals surface area contributed by atoms with Gasteiger partial charge in [0.05, 0.1) is 17.4 Å². The molecule has 0 saturated heterocycles. The van der Waals surface area contributed by atoms with Gasteiger partial charge in [0.15, 0.2) is 0 Å². The van der Waals surface area contributed by atoms with E-state index >= 15 is 0 Å². The molecule has 3 N–H and O–H groups in total. The second-order valence-corrected chi connectivity index (χ2v) is 6.14. The molecule has 0 radical (unpaired) electrons. The average Bonchev–Trinajstić information content (AvgIpc) is 2.45. The van der Waals surface area contributed by atoms with Gasteiger partial charge in [-0.05, 0) is 36.2 Å². The zero-order valence-electron chi connectivity index (χ0n) is 13.0. The average molecular weight is 285 g/mol. The Hall–Kier alpha value is -2.07. The lowest BCUT2D eigenvalue weighted by Crippen LogP contribution is -2.32. The molecule has 2 rings (SSSR count). The van der Waals surface area contributed by atoms with Crippen LogP contribution in [0.15, 0.2) is 47.6 Å². The van der Waals surface area contributed by atoms with E-state index in [1.807, 2.05) is 43.5 Å². The van der Waals surface area contributed by atoms with Crippen LogP contribution in [0, 0.1) is 0 Å². The van der Waals surface area contributed by atoms with Gasteiger partial charge in [0, 0.05) is 0 Å². The third kappa shape index (κ3) is 3.73. The Balaban J connectivity index is 2.23. The van der Waals surface area contributed by atoms with Crippen molar-refractivity contribution in [2.24, 2.45) is 5.10 Å². The van der Waals surface area contributed by atoms with Crippen molar-refractivity contribution in [1.82, 2.24) is 5.32 Å². The lowest BCUT2D eigenvalue weighted by molar-refractivity contribution is 0.476. The van der Waals surface area contributed by atoms with E-state index < -0.39 is 0 Å². The van der Waals surface area contributed by atoms with Crippen LogP contribution >= 0.6 is 0 Å². The zero-order valence-corrected chi connectivity index (χ0v) is 13.0. The quantitative estimate of drug-likeness (QED) is 0.590. The number of nitrogens with zero attached hydrogens (tertiary/aromatic N) is 1. The van der Waals surface area contributed by atoms with E-state index in [1.165, 1.54) is 0 Å². The molecule has 0 saturated carbocycles. The standard InChI is InChI=1S/C17H23N3O/c1-17(2,3)12-9-10-16(21)15(11-12)20-19-14-8-6-5-7-13(14)18-4/h5-11,13,18,20-21H,1-4H3/b19-14-. The molecule has 0 bridgehead atoms. The van der Waals surface area contributed by atoms with E-state index in [9.17, 15) is 5.11 Å². The molecule has 112 valence electrons. The molecule has 1 aromatic rings. The Bertz CT molecular complexity index is 595. The summed E-state index contributed by atoms with van der Waals surface area (Å²) in [5.41, 5.74) is 5.64. The molecular formula is C17H23N3O. The van der Waals surface area contributed by atoms with Crippen molar-refractivity contribution >= 4 is 11.4 Å². The predicted octanol–water partition coefficient (Wildman–Crippen LogP) is 3.17. The number of hydrogen-bond acceptors (Lipinski definition) is 4. The number of likely N-dealkylation sites (N-methyl/N-ethyl adjacent to an activating group) is 1. The summed E-state index contributed by atoms with van der Waals surface area (Å²) in [5, 5.41) is 17.5. The summed E-state index contributed by atoms with van der Waals surface area (Å²) in [7, 11) is 1.89. The highest BCUT2D eigenvalue weighted by Crippen LogP contribution is 2.30. The van der Waals surface area contributed by atoms with Crippen molar-refractivity contribution in [2.75, 3.05) is 12.5 Å². The van der Waals surface area contributed by atoms with Gasteiger partial charge in [-0.3, -0.25) is 5.43 Å². The molecule has 1 aromatic carbocycles. The first-order valence-corrected chi connectivity index (χ1v) is 7.11. The van der Waals surface area contributed by atoms with E-state index in [2.05, 4.69) is 36.6 Å². The highest BCUT2D eigenvalue weighted by Gasteiger charge is 2.16. The minimum Gasteiger partial charge on any atom is -0.506 e. The van der Waals surface area contributed by atoms with Gasteiger partial charge in [-0.15, -0.1) is 0 Å². The number of phenolic OH excluding ortho intramolecular Hbond substituents is 1. The van der Waals surface area contributed by atoms with Crippen molar-refractivity contribution in [3.63, 3.8) is 0 Å². The van der Waals surface area contributed by atoms with Gasteiger partial charge in [0.2, 0.25) is 0 Å². The lowest BCUT2D eigenvalue weighted by atomic mass is 9.87. The third-order valence-corrected chi connectivity index (χ3v) is 3.48. The molecule has 0 aromatic heterocycles. The van der Waals surface area contributed by atoms with Crippen LogP contribution in [-0.4, -0.2) is 23.9 Å². The molecule has 4 nitrogen and oxygen atoms in total. The van der Waals surface area contributed by atoms with Gasteiger partial charge >= 0.3 is 0 Å². The molecule has 0 spiro atoms. The van der Waals surface area contributed by atoms with Crippen molar-refractivity contribution in [3.05, 3.63) is 48.1 Å². The molecule has 1 unspecified atom stereocenters. The summed E-state index contributed by atoms with van der Waals surface area (Å²) in [6, 6.07) is 5.66. The monoisotopic (exact) mass is 285 g/mol. The molecule has 1 atom stereocenters. The van der Waals surface area contributed by atoms with E-state index in [-0.39, 0.29) is 17.2 Å². The van der Waals surface area contributed by atoms with E-state index in [0.29, 0.717) is 5.69 Å². The van der Waals surface area contributed by atoms with E-state index in [4.69, 9.17) is 0 Å². The summed E-state index contributed by atoms with van der Waals surface area (Å²) in [4.78, 5) is 0. The molecule has 0 aliphatic heterocycles. The number of anilines is 1. The van der Waals surface area contributed by atoms with Crippen LogP contribution in [0.25, 0.3) is 0 Å². The Kier molecular flexibility index (Phi) is 4.48. The maximum atomic E-state index is 9.97. The SMILES string of the molecule is CNC1C=CC=C/C1=N/Nc1cc(C(C)(C)C)ccc1O. The summed E-state index contributed by atoms with van der Waals surface area (Å²) in [6.07, 6.45) is 7.91. The molecule has 4 heteroatoms. The molecule has 1 aliphatic carbocycles. The number of aromatic hydroxyl groups is 1. The molecule has 21 heavy (non-hydrogen) atoms. The number of hydrazone groups is 1. The number of allylic oxidation sites excluding steroid dienone is 2. The highest BCUT2D eigenvalue weighted by molar-refractivity contribution is 6.02. The normalized spacial score (nSPS) is 20.0. The van der Waals surface area contributed by atoms with Gasteiger partial charge in [0.25, 0.3) is 0 Å². The smallest absolute Gasteiger partial charge is 0.140 e. The third-order valence-electron chi connectivity index (χ3n) is 3.48. The van der Waals surface area contributed by atoms with E-state index in [0.717, 1.165) is 11.3 Å². The minimum absolute atomic E-state index is 0.0261. The molecule has 0 amide bonds. The van der Waals surface area contributed by atoms with Gasteiger partial charge in [-0.25, -0.2) is 0 Å². The predicted molar refractivity (Wildman–Crippen MR) is 89.0 cm³/mol. The van der Waals surface area contributed by atoms with Crippen LogP contribution < -0.4 is 10.7 Å². The van der Waals surface area contributed by atoms with E-state index in [1.54, 1.807) is 6.07 Å². The van der Waals surface area contributed by atoms with Crippen LogP contribution in [0.1, 0.15) is 26.3 Å². The Labute approximate surface area is 126 Å². The first-order valence-electron chi connectivity index (χ1n) is 7.11. The highest BCUT2D eigenvalue weighted by atomic mass is 16.3. The van der Waals surface area contributed by atoms with Crippen LogP contribution in [0.3, 0.4) is 0 Å². The Morgan fingerprint density at radius 2 is 1.95 bits per heavy atom. The fourth-order valence-corrected chi connectivity index (χ4v) is 2.10. The second kappa shape index (κ2) is 6.14. The number of benzene rings is 1. The fourth-order valence-electron chi connectivity index (χ4n) is 2.10. The number of hydrogen-bond donors (Lipinski definition) is 3. The maximum absolute atomic E-state index is 9.97. The number of rotatable bonds is 3. The Morgan fingerprint density at radius 1 is 1.19 bits per heavy atom. The van der Waals surface area contributed by atoms with Crippen molar-refractivity contribution < 1.29 is 5.11 Å². The first kappa shape index (κ1) is 15.3. The van der Waals surface area contributed by atoms with Crippen molar-refractivity contribution in [1.29, 1.82) is 0 Å². The van der Waals surface area contributed by atoms with Gasteiger partial charge in [-0.1, -0.05) is 45.1 Å². The molecule has 0 heterocycles. The van der Waals surface area contributed by atoms with Crippen LogP contribution in [0.2, 0.25) is 0 Å². The number of phenols is 1. The summed E-state index contributed by atoms with van der Waals surface area (Å²) in [6.45, 7) is 6.42. The topological polar surface area (TPSA) is 56.7 Å². The number of nitrogens with one attached hydrogen (secondary N) is 2.